The predicted octanol–water partition coefficient (Wildman–Crippen LogP) is 4.10. The molecular formula is C26H23N5O4. The minimum Gasteiger partial charge on any atom is -0.497 e. The zero-order valence-corrected chi connectivity index (χ0v) is 19.5. The van der Waals surface area contributed by atoms with E-state index in [0.29, 0.717) is 28.2 Å². The highest BCUT2D eigenvalue weighted by Gasteiger charge is 2.19. The van der Waals surface area contributed by atoms with E-state index in [-0.39, 0.29) is 18.1 Å². The highest BCUT2D eigenvalue weighted by atomic mass is 16.5. The summed E-state index contributed by atoms with van der Waals surface area (Å²) in [5, 5.41) is 7.18. The molecule has 0 fully saturated rings. The van der Waals surface area contributed by atoms with Crippen LogP contribution in [0.1, 0.15) is 11.1 Å². The van der Waals surface area contributed by atoms with Gasteiger partial charge < -0.3 is 14.8 Å². The van der Waals surface area contributed by atoms with Crippen molar-refractivity contribution in [3.63, 3.8) is 0 Å². The van der Waals surface area contributed by atoms with Crippen LogP contribution in [0.4, 0.5) is 5.69 Å². The van der Waals surface area contributed by atoms with E-state index >= 15 is 0 Å². The number of nitrogens with one attached hydrogen (secondary N) is 1. The van der Waals surface area contributed by atoms with Crippen molar-refractivity contribution in [2.24, 2.45) is 0 Å². The molecule has 1 N–H and O–H groups in total. The summed E-state index contributed by atoms with van der Waals surface area (Å²) in [4.78, 5) is 30.6. The normalized spacial score (nSPS) is 11.1. The maximum absolute atomic E-state index is 13.3. The van der Waals surface area contributed by atoms with Gasteiger partial charge in [-0.3, -0.25) is 4.79 Å². The summed E-state index contributed by atoms with van der Waals surface area (Å²) < 4.78 is 13.8. The van der Waals surface area contributed by atoms with Gasteiger partial charge in [-0.15, -0.1) is 5.10 Å². The summed E-state index contributed by atoms with van der Waals surface area (Å²) >= 11 is 0. The second-order valence-electron chi connectivity index (χ2n) is 8.21. The summed E-state index contributed by atoms with van der Waals surface area (Å²) in [6.45, 7) is 3.67. The Balaban J connectivity index is 1.55. The maximum atomic E-state index is 13.3. The van der Waals surface area contributed by atoms with E-state index in [9.17, 15) is 9.59 Å². The lowest BCUT2D eigenvalue weighted by Gasteiger charge is -2.09. The van der Waals surface area contributed by atoms with Gasteiger partial charge in [0.1, 0.15) is 18.0 Å². The van der Waals surface area contributed by atoms with Crippen LogP contribution in [0.2, 0.25) is 0 Å². The molecule has 0 radical (unpaired) electrons. The number of hydrogen-bond donors (Lipinski definition) is 1. The highest BCUT2D eigenvalue weighted by molar-refractivity contribution is 5.90. The number of nitrogens with zero attached hydrogens (tertiary/aromatic N) is 4. The second kappa shape index (κ2) is 8.94. The van der Waals surface area contributed by atoms with Gasteiger partial charge in [0.15, 0.2) is 0 Å². The number of anilines is 1. The Morgan fingerprint density at radius 3 is 2.51 bits per heavy atom. The molecule has 0 saturated carbocycles. The fourth-order valence-corrected chi connectivity index (χ4v) is 3.98. The van der Waals surface area contributed by atoms with Gasteiger partial charge in [-0.25, -0.2) is 18.9 Å². The number of ether oxygens (including phenoxy) is 2. The van der Waals surface area contributed by atoms with Gasteiger partial charge in [-0.1, -0.05) is 24.3 Å². The Bertz CT molecular complexity index is 1620. The molecule has 5 rings (SSSR count). The molecule has 0 aliphatic carbocycles. The number of benzene rings is 3. The number of aryl methyl sites for hydroxylation is 2. The van der Waals surface area contributed by atoms with Gasteiger partial charge in [0.25, 0.3) is 5.88 Å². The van der Waals surface area contributed by atoms with Crippen molar-refractivity contribution in [2.45, 2.75) is 20.4 Å². The number of fused-ring (bicyclic) bond motifs is 3. The van der Waals surface area contributed by atoms with Crippen LogP contribution in [0.25, 0.3) is 16.7 Å². The van der Waals surface area contributed by atoms with Crippen molar-refractivity contribution in [3.05, 3.63) is 88.3 Å². The molecule has 0 saturated heterocycles. The number of amides is 1. The van der Waals surface area contributed by atoms with Crippen molar-refractivity contribution < 1.29 is 14.3 Å². The third-order valence-electron chi connectivity index (χ3n) is 5.43. The van der Waals surface area contributed by atoms with Crippen LogP contribution in [0.15, 0.2) is 71.5 Å². The van der Waals surface area contributed by atoms with Crippen molar-refractivity contribution in [3.8, 4) is 17.4 Å². The molecule has 0 atom stereocenters. The van der Waals surface area contributed by atoms with Crippen LogP contribution in [-0.2, 0) is 11.3 Å². The van der Waals surface area contributed by atoms with E-state index < -0.39 is 11.6 Å². The van der Waals surface area contributed by atoms with Crippen LogP contribution in [0.3, 0.4) is 0 Å². The Morgan fingerprint density at radius 1 is 0.971 bits per heavy atom. The number of aromatic nitrogens is 4. The fourth-order valence-electron chi connectivity index (χ4n) is 3.98. The van der Waals surface area contributed by atoms with E-state index in [2.05, 4.69) is 15.4 Å². The van der Waals surface area contributed by atoms with Crippen LogP contribution in [0, 0.1) is 13.8 Å². The number of para-hydroxylation sites is 2. The second-order valence-corrected chi connectivity index (χ2v) is 8.21. The summed E-state index contributed by atoms with van der Waals surface area (Å²) in [5.41, 5.74) is 3.52. The smallest absolute Gasteiger partial charge is 0.351 e. The molecule has 0 aliphatic heterocycles. The summed E-state index contributed by atoms with van der Waals surface area (Å²) in [6, 6.07) is 20.0. The van der Waals surface area contributed by atoms with Gasteiger partial charge in [0, 0.05) is 11.8 Å². The van der Waals surface area contributed by atoms with Crippen LogP contribution in [0.5, 0.6) is 17.4 Å². The van der Waals surface area contributed by atoms with E-state index in [1.54, 1.807) is 43.5 Å². The monoisotopic (exact) mass is 469 g/mol. The molecule has 0 bridgehead atoms. The van der Waals surface area contributed by atoms with Gasteiger partial charge in [-0.05, 0) is 61.4 Å². The number of carbonyl (C=O) groups is 1. The first-order valence-electron chi connectivity index (χ1n) is 11.0. The lowest BCUT2D eigenvalue weighted by Crippen LogP contribution is -2.28. The molecule has 1 amide bonds. The summed E-state index contributed by atoms with van der Waals surface area (Å²) in [5.74, 6) is 0.971. The van der Waals surface area contributed by atoms with Gasteiger partial charge in [-0.2, -0.15) is 0 Å². The van der Waals surface area contributed by atoms with Gasteiger partial charge >= 0.3 is 5.69 Å². The third kappa shape index (κ3) is 4.43. The quantitative estimate of drug-likeness (QED) is 0.402. The number of carbonyl (C=O) groups excluding carboxylic acids is 1. The van der Waals surface area contributed by atoms with E-state index in [1.165, 1.54) is 4.40 Å². The molecule has 5 aromatic rings. The molecule has 2 aromatic heterocycles. The molecule has 176 valence electrons. The Hall–Kier alpha value is -4.66. The van der Waals surface area contributed by atoms with E-state index in [0.717, 1.165) is 15.8 Å². The summed E-state index contributed by atoms with van der Waals surface area (Å²) in [7, 11) is 1.55. The van der Waals surface area contributed by atoms with Crippen molar-refractivity contribution >= 4 is 28.3 Å². The van der Waals surface area contributed by atoms with Gasteiger partial charge in [0.2, 0.25) is 11.6 Å². The average molecular weight is 470 g/mol. The Kier molecular flexibility index (Phi) is 5.66. The lowest BCUT2D eigenvalue weighted by atomic mass is 10.1. The van der Waals surface area contributed by atoms with E-state index in [4.69, 9.17) is 9.47 Å². The molecule has 0 aliphatic rings. The zero-order valence-electron chi connectivity index (χ0n) is 19.5. The maximum Gasteiger partial charge on any atom is 0.351 e. The minimum atomic E-state index is -0.468. The predicted molar refractivity (Wildman–Crippen MR) is 132 cm³/mol. The largest absolute Gasteiger partial charge is 0.497 e. The molecule has 9 heteroatoms. The van der Waals surface area contributed by atoms with Crippen molar-refractivity contribution in [1.29, 1.82) is 0 Å². The minimum absolute atomic E-state index is 0.178. The average Bonchev–Trinajstić information content (AvgIpc) is 3.15. The van der Waals surface area contributed by atoms with Crippen LogP contribution < -0.4 is 20.5 Å². The Morgan fingerprint density at radius 2 is 1.74 bits per heavy atom. The standard InChI is InChI=1S/C26H23N5O4/c1-16-11-17(2)13-20(12-16)35-25-24-29-30(15-23(32)27-18-7-6-8-19(14-18)34-3)26(33)31(24)22-10-5-4-9-21(22)28-25/h4-14H,15H2,1-3H3,(H,27,32). The molecule has 35 heavy (non-hydrogen) atoms. The topological polar surface area (TPSA) is 99.8 Å². The van der Waals surface area contributed by atoms with Crippen molar-refractivity contribution in [1.82, 2.24) is 19.2 Å². The summed E-state index contributed by atoms with van der Waals surface area (Å²) in [6.07, 6.45) is 0. The number of hydrogen-bond acceptors (Lipinski definition) is 6. The Labute approximate surface area is 200 Å². The first kappa shape index (κ1) is 22.1. The molecule has 9 nitrogen and oxygen atoms in total. The van der Waals surface area contributed by atoms with Gasteiger partial charge in [0.05, 0.1) is 18.1 Å². The zero-order chi connectivity index (χ0) is 24.5. The molecule has 2 heterocycles. The van der Waals surface area contributed by atoms with Crippen molar-refractivity contribution in [2.75, 3.05) is 12.4 Å². The third-order valence-corrected chi connectivity index (χ3v) is 5.43. The number of rotatable bonds is 6. The molecule has 3 aromatic carbocycles. The van der Waals surface area contributed by atoms with Crippen LogP contribution >= 0.6 is 0 Å². The fraction of sp³-hybridized carbons (Fsp3) is 0.154. The van der Waals surface area contributed by atoms with E-state index in [1.807, 2.05) is 44.2 Å². The molecule has 0 unspecified atom stereocenters. The molecule has 0 spiro atoms. The highest BCUT2D eigenvalue weighted by Crippen LogP contribution is 2.27. The first-order chi connectivity index (χ1) is 16.9. The first-order valence-corrected chi connectivity index (χ1v) is 11.0. The molecular weight excluding hydrogens is 446 g/mol. The van der Waals surface area contributed by atoms with Crippen LogP contribution in [-0.4, -0.2) is 32.2 Å². The SMILES string of the molecule is COc1cccc(NC(=O)Cn2nc3c(Oc4cc(C)cc(C)c4)nc4ccccc4n3c2=O)c1. The number of methoxy groups -OCH3 is 1. The lowest BCUT2D eigenvalue weighted by molar-refractivity contribution is -0.117.